The van der Waals surface area contributed by atoms with Crippen LogP contribution in [0.5, 0.6) is 11.5 Å². The molecule has 3 rings (SSSR count). The first kappa shape index (κ1) is 16.6. The van der Waals surface area contributed by atoms with E-state index >= 15 is 0 Å². The number of oxazole rings is 1. The third-order valence-corrected chi connectivity index (χ3v) is 3.96. The quantitative estimate of drug-likeness (QED) is 0.767. The van der Waals surface area contributed by atoms with Gasteiger partial charge in [0.1, 0.15) is 0 Å². The highest BCUT2D eigenvalue weighted by Crippen LogP contribution is 2.27. The molecule has 7 heteroatoms. The van der Waals surface area contributed by atoms with Gasteiger partial charge in [0.05, 0.1) is 19.7 Å². The van der Waals surface area contributed by atoms with Gasteiger partial charge in [-0.3, -0.25) is 9.36 Å². The number of hydrogen-bond acceptors (Lipinski definition) is 5. The second-order valence-electron chi connectivity index (χ2n) is 5.48. The molecule has 2 aromatic carbocycles. The van der Waals surface area contributed by atoms with Gasteiger partial charge < -0.3 is 19.2 Å². The summed E-state index contributed by atoms with van der Waals surface area (Å²) < 4.78 is 16.9. The van der Waals surface area contributed by atoms with Gasteiger partial charge in [0.2, 0.25) is 0 Å². The zero-order valence-corrected chi connectivity index (χ0v) is 14.2. The number of rotatable bonds is 5. The number of ether oxygens (including phenoxy) is 2. The number of nitrogens with one attached hydrogen (secondary N) is 1. The molecule has 0 bridgehead atoms. The number of fused-ring (bicyclic) bond motifs is 1. The molecule has 1 heterocycles. The van der Waals surface area contributed by atoms with Crippen LogP contribution in [0.4, 0.5) is 0 Å². The summed E-state index contributed by atoms with van der Waals surface area (Å²) in [6.45, 7) is 0.307. The van der Waals surface area contributed by atoms with Crippen LogP contribution < -0.4 is 20.5 Å². The fourth-order valence-corrected chi connectivity index (χ4v) is 2.55. The number of methoxy groups -OCH3 is 2. The van der Waals surface area contributed by atoms with Crippen molar-refractivity contribution in [2.75, 3.05) is 14.2 Å². The monoisotopic (exact) mass is 342 g/mol. The van der Waals surface area contributed by atoms with Crippen molar-refractivity contribution in [2.24, 2.45) is 7.05 Å². The normalized spacial score (nSPS) is 10.7. The second-order valence-corrected chi connectivity index (χ2v) is 5.48. The predicted molar refractivity (Wildman–Crippen MR) is 92.2 cm³/mol. The molecular weight excluding hydrogens is 324 g/mol. The van der Waals surface area contributed by atoms with E-state index in [9.17, 15) is 9.59 Å². The first-order valence-electron chi connectivity index (χ1n) is 7.62. The fourth-order valence-electron chi connectivity index (χ4n) is 2.55. The topological polar surface area (TPSA) is 82.7 Å². The highest BCUT2D eigenvalue weighted by Gasteiger charge is 2.11. The predicted octanol–water partition coefficient (Wildman–Crippen LogP) is 2.08. The number of aromatic nitrogens is 1. The Bertz CT molecular complexity index is 987. The minimum Gasteiger partial charge on any atom is -0.493 e. The molecule has 0 aliphatic rings. The van der Waals surface area contributed by atoms with Gasteiger partial charge in [-0.15, -0.1) is 0 Å². The number of nitrogens with zero attached hydrogens (tertiary/aromatic N) is 1. The van der Waals surface area contributed by atoms with Gasteiger partial charge in [0, 0.05) is 19.2 Å². The fraction of sp³-hybridized carbons (Fsp3) is 0.222. The van der Waals surface area contributed by atoms with E-state index in [-0.39, 0.29) is 5.91 Å². The van der Waals surface area contributed by atoms with Crippen molar-refractivity contribution in [1.82, 2.24) is 9.88 Å². The molecule has 0 aliphatic carbocycles. The Hall–Kier alpha value is -3.22. The van der Waals surface area contributed by atoms with E-state index in [0.717, 1.165) is 5.56 Å². The summed E-state index contributed by atoms with van der Waals surface area (Å²) >= 11 is 0. The summed E-state index contributed by atoms with van der Waals surface area (Å²) in [5.41, 5.74) is 2.49. The molecule has 0 saturated heterocycles. The lowest BCUT2D eigenvalue weighted by Crippen LogP contribution is -2.22. The van der Waals surface area contributed by atoms with Crippen LogP contribution in [0.3, 0.4) is 0 Å². The molecule has 0 radical (unpaired) electrons. The Labute approximate surface area is 143 Å². The van der Waals surface area contributed by atoms with E-state index in [1.807, 2.05) is 6.07 Å². The number of benzene rings is 2. The Morgan fingerprint density at radius 2 is 1.88 bits per heavy atom. The molecule has 25 heavy (non-hydrogen) atoms. The summed E-state index contributed by atoms with van der Waals surface area (Å²) in [6.07, 6.45) is 0. The molecule has 0 aliphatic heterocycles. The van der Waals surface area contributed by atoms with E-state index in [2.05, 4.69) is 5.32 Å². The molecular formula is C18H18N2O5. The van der Waals surface area contributed by atoms with E-state index in [0.29, 0.717) is 34.7 Å². The maximum atomic E-state index is 12.3. The van der Waals surface area contributed by atoms with Crippen LogP contribution in [0.25, 0.3) is 11.1 Å². The first-order valence-corrected chi connectivity index (χ1v) is 7.62. The first-order chi connectivity index (χ1) is 12.0. The zero-order valence-electron chi connectivity index (χ0n) is 14.2. The minimum atomic E-state index is -0.415. The molecule has 0 unspecified atom stereocenters. The van der Waals surface area contributed by atoms with Crippen LogP contribution >= 0.6 is 0 Å². The number of carbonyl (C=O) groups is 1. The average Bonchev–Trinajstić information content (AvgIpc) is 2.92. The molecule has 3 aromatic rings. The molecule has 0 fully saturated rings. The highest BCUT2D eigenvalue weighted by molar-refractivity contribution is 5.94. The molecule has 7 nitrogen and oxygen atoms in total. The maximum Gasteiger partial charge on any atom is 0.419 e. The van der Waals surface area contributed by atoms with Crippen molar-refractivity contribution in [3.05, 3.63) is 58.1 Å². The number of amides is 1. The lowest BCUT2D eigenvalue weighted by atomic mass is 10.1. The Kier molecular flexibility index (Phi) is 4.47. The number of aryl methyl sites for hydroxylation is 1. The molecule has 0 spiro atoms. The van der Waals surface area contributed by atoms with Gasteiger partial charge in [0.15, 0.2) is 17.1 Å². The molecule has 1 aromatic heterocycles. The minimum absolute atomic E-state index is 0.240. The Balaban J connectivity index is 1.75. The standard InChI is InChI=1S/C18H18N2O5/c1-20-13-6-4-11(8-15(13)25-18(20)22)10-19-17(21)12-5-7-14(23-2)16(9-12)24-3/h4-9H,10H2,1-3H3,(H,19,21). The van der Waals surface area contributed by atoms with Crippen LogP contribution in [0, 0.1) is 0 Å². The lowest BCUT2D eigenvalue weighted by molar-refractivity contribution is 0.0950. The largest absolute Gasteiger partial charge is 0.493 e. The van der Waals surface area contributed by atoms with Crippen molar-refractivity contribution in [3.63, 3.8) is 0 Å². The Morgan fingerprint density at radius 1 is 1.12 bits per heavy atom. The van der Waals surface area contributed by atoms with Crippen molar-refractivity contribution < 1.29 is 18.7 Å². The zero-order chi connectivity index (χ0) is 18.0. The molecule has 0 saturated carbocycles. The van der Waals surface area contributed by atoms with E-state index in [4.69, 9.17) is 13.9 Å². The van der Waals surface area contributed by atoms with Crippen molar-refractivity contribution >= 4 is 17.0 Å². The Morgan fingerprint density at radius 3 is 2.60 bits per heavy atom. The summed E-state index contributed by atoms with van der Waals surface area (Å²) in [7, 11) is 4.70. The summed E-state index contributed by atoms with van der Waals surface area (Å²) in [6, 6.07) is 10.3. The number of carbonyl (C=O) groups excluding carboxylic acids is 1. The molecule has 1 amide bonds. The summed E-state index contributed by atoms with van der Waals surface area (Å²) in [4.78, 5) is 23.8. The molecule has 0 atom stereocenters. The third-order valence-electron chi connectivity index (χ3n) is 3.96. The molecule has 1 N–H and O–H groups in total. The summed E-state index contributed by atoms with van der Waals surface area (Å²) in [5, 5.41) is 2.83. The lowest BCUT2D eigenvalue weighted by Gasteiger charge is -2.10. The maximum absolute atomic E-state index is 12.3. The van der Waals surface area contributed by atoms with Crippen LogP contribution in [-0.4, -0.2) is 24.7 Å². The van der Waals surface area contributed by atoms with Crippen molar-refractivity contribution in [3.8, 4) is 11.5 Å². The van der Waals surface area contributed by atoms with Crippen molar-refractivity contribution in [2.45, 2.75) is 6.54 Å². The van der Waals surface area contributed by atoms with Gasteiger partial charge in [-0.05, 0) is 35.9 Å². The van der Waals surface area contributed by atoms with Crippen LogP contribution in [0.1, 0.15) is 15.9 Å². The van der Waals surface area contributed by atoms with Gasteiger partial charge in [-0.25, -0.2) is 4.79 Å². The van der Waals surface area contributed by atoms with Gasteiger partial charge >= 0.3 is 5.76 Å². The smallest absolute Gasteiger partial charge is 0.419 e. The van der Waals surface area contributed by atoms with E-state index in [1.165, 1.54) is 18.8 Å². The highest BCUT2D eigenvalue weighted by atomic mass is 16.5. The number of hydrogen-bond donors (Lipinski definition) is 1. The molecule has 130 valence electrons. The van der Waals surface area contributed by atoms with E-state index < -0.39 is 5.76 Å². The van der Waals surface area contributed by atoms with Crippen LogP contribution in [0.15, 0.2) is 45.6 Å². The van der Waals surface area contributed by atoms with Gasteiger partial charge in [-0.1, -0.05) is 6.07 Å². The average molecular weight is 342 g/mol. The van der Waals surface area contributed by atoms with Gasteiger partial charge in [0.25, 0.3) is 5.91 Å². The second kappa shape index (κ2) is 6.72. The van der Waals surface area contributed by atoms with Crippen LogP contribution in [0.2, 0.25) is 0 Å². The van der Waals surface area contributed by atoms with Crippen molar-refractivity contribution in [1.29, 1.82) is 0 Å². The SMILES string of the molecule is COc1ccc(C(=O)NCc2ccc3c(c2)oc(=O)n3C)cc1OC. The summed E-state index contributed by atoms with van der Waals surface area (Å²) in [5.74, 6) is 0.392. The van der Waals surface area contributed by atoms with Gasteiger partial charge in [-0.2, -0.15) is 0 Å². The van der Waals surface area contributed by atoms with Crippen LogP contribution in [-0.2, 0) is 13.6 Å². The third kappa shape index (κ3) is 3.21. The van der Waals surface area contributed by atoms with E-state index in [1.54, 1.807) is 37.4 Å².